The molecule has 1 amide bonds. The molecular formula is C21H26N2O2. The normalized spacial score (nSPS) is 15.2. The van der Waals surface area contributed by atoms with Gasteiger partial charge in [0.05, 0.1) is 5.56 Å². The largest absolute Gasteiger partial charge is 0.507 e. The van der Waals surface area contributed by atoms with Crippen LogP contribution in [0.15, 0.2) is 42.5 Å². The van der Waals surface area contributed by atoms with Crippen molar-refractivity contribution in [2.75, 3.05) is 18.4 Å². The van der Waals surface area contributed by atoms with Gasteiger partial charge in [-0.3, -0.25) is 4.79 Å². The Morgan fingerprint density at radius 1 is 1.20 bits per heavy atom. The zero-order valence-corrected chi connectivity index (χ0v) is 15.0. The van der Waals surface area contributed by atoms with Gasteiger partial charge in [-0.2, -0.15) is 0 Å². The van der Waals surface area contributed by atoms with Crippen molar-refractivity contribution in [2.45, 2.75) is 39.2 Å². The van der Waals surface area contributed by atoms with Crippen molar-refractivity contribution in [3.63, 3.8) is 0 Å². The molecule has 1 aliphatic rings. The number of aryl methyl sites for hydroxylation is 2. The Morgan fingerprint density at radius 3 is 2.56 bits per heavy atom. The van der Waals surface area contributed by atoms with Crippen molar-refractivity contribution in [3.8, 4) is 5.75 Å². The number of rotatable bonds is 4. The van der Waals surface area contributed by atoms with E-state index in [9.17, 15) is 9.90 Å². The molecule has 0 unspecified atom stereocenters. The molecule has 1 fully saturated rings. The highest BCUT2D eigenvalue weighted by Gasteiger charge is 2.25. The van der Waals surface area contributed by atoms with Crippen molar-refractivity contribution in [1.82, 2.24) is 4.90 Å². The van der Waals surface area contributed by atoms with Crippen LogP contribution in [0.1, 0.15) is 41.3 Å². The number of hydrogen-bond donors (Lipinski definition) is 2. The summed E-state index contributed by atoms with van der Waals surface area (Å²) in [5.41, 5.74) is 3.85. The number of nitrogens with one attached hydrogen (secondary N) is 1. The van der Waals surface area contributed by atoms with Crippen LogP contribution in [0.5, 0.6) is 5.75 Å². The lowest BCUT2D eigenvalue weighted by Gasteiger charge is -2.33. The third kappa shape index (κ3) is 3.95. The molecule has 3 rings (SSSR count). The summed E-state index contributed by atoms with van der Waals surface area (Å²) in [6.07, 6.45) is 2.67. The highest BCUT2D eigenvalue weighted by molar-refractivity contribution is 5.97. The summed E-state index contributed by atoms with van der Waals surface area (Å²) in [7, 11) is 0. The van der Waals surface area contributed by atoms with Crippen LogP contribution in [0.4, 0.5) is 5.69 Å². The number of anilines is 1. The molecule has 0 radical (unpaired) electrons. The lowest BCUT2D eigenvalue weighted by atomic mass is 10.0. The van der Waals surface area contributed by atoms with E-state index in [0.29, 0.717) is 24.7 Å². The summed E-state index contributed by atoms with van der Waals surface area (Å²) < 4.78 is 0. The van der Waals surface area contributed by atoms with E-state index in [1.807, 2.05) is 30.0 Å². The lowest BCUT2D eigenvalue weighted by Crippen LogP contribution is -2.42. The number of hydrogen-bond acceptors (Lipinski definition) is 3. The smallest absolute Gasteiger partial charge is 0.257 e. The molecule has 2 aromatic rings. The minimum Gasteiger partial charge on any atom is -0.507 e. The van der Waals surface area contributed by atoms with E-state index in [1.165, 1.54) is 11.3 Å². The number of benzene rings is 2. The minimum atomic E-state index is -0.0745. The lowest BCUT2D eigenvalue weighted by molar-refractivity contribution is 0.0715. The number of carbonyl (C=O) groups is 1. The summed E-state index contributed by atoms with van der Waals surface area (Å²) in [5.74, 6) is 0.0130. The maximum Gasteiger partial charge on any atom is 0.257 e. The van der Waals surface area contributed by atoms with E-state index in [4.69, 9.17) is 0 Å². The first-order valence-corrected chi connectivity index (χ1v) is 9.02. The van der Waals surface area contributed by atoms with Crippen molar-refractivity contribution >= 4 is 11.6 Å². The van der Waals surface area contributed by atoms with Gasteiger partial charge in [-0.05, 0) is 55.5 Å². The summed E-state index contributed by atoms with van der Waals surface area (Å²) in [6.45, 7) is 5.54. The van der Waals surface area contributed by atoms with Gasteiger partial charge in [-0.15, -0.1) is 0 Å². The van der Waals surface area contributed by atoms with Crippen LogP contribution in [-0.2, 0) is 6.42 Å². The Labute approximate surface area is 149 Å². The average Bonchev–Trinajstić information content (AvgIpc) is 2.63. The van der Waals surface area contributed by atoms with E-state index in [-0.39, 0.29) is 11.7 Å². The first kappa shape index (κ1) is 17.3. The number of phenolic OH excluding ortho intramolecular Hbond substituents is 1. The van der Waals surface area contributed by atoms with Gasteiger partial charge in [-0.25, -0.2) is 0 Å². The molecular weight excluding hydrogens is 312 g/mol. The Balaban J connectivity index is 1.60. The second-order valence-electron chi connectivity index (χ2n) is 6.73. The van der Waals surface area contributed by atoms with Gasteiger partial charge in [0.2, 0.25) is 0 Å². The molecule has 4 nitrogen and oxygen atoms in total. The molecule has 2 N–H and O–H groups in total. The maximum atomic E-state index is 12.7. The number of phenols is 1. The van der Waals surface area contributed by atoms with Crippen LogP contribution in [0.3, 0.4) is 0 Å². The highest BCUT2D eigenvalue weighted by atomic mass is 16.3. The number of nitrogens with zero attached hydrogens (tertiary/aromatic N) is 1. The summed E-state index contributed by atoms with van der Waals surface area (Å²) >= 11 is 0. The molecule has 0 spiro atoms. The monoisotopic (exact) mass is 338 g/mol. The number of likely N-dealkylation sites (tertiary alicyclic amines) is 1. The second-order valence-corrected chi connectivity index (χ2v) is 6.73. The highest BCUT2D eigenvalue weighted by Crippen LogP contribution is 2.24. The molecule has 2 aromatic carbocycles. The predicted octanol–water partition coefficient (Wildman–Crippen LogP) is 3.98. The van der Waals surface area contributed by atoms with E-state index >= 15 is 0 Å². The zero-order chi connectivity index (χ0) is 17.8. The molecule has 0 aliphatic carbocycles. The van der Waals surface area contributed by atoms with Gasteiger partial charge in [0.25, 0.3) is 5.91 Å². The number of aromatic hydroxyl groups is 1. The quantitative estimate of drug-likeness (QED) is 0.886. The van der Waals surface area contributed by atoms with Gasteiger partial charge >= 0.3 is 0 Å². The standard InChI is InChI=1S/C21H26N2O2/c1-3-16-8-9-18(20(24)14-16)21(25)23-12-10-17(11-13-23)22-19-7-5-4-6-15(19)2/h4-9,14,17,22,24H,3,10-13H2,1-2H3. The Kier molecular flexibility index (Phi) is 5.27. The Hall–Kier alpha value is -2.49. The molecule has 0 bridgehead atoms. The van der Waals surface area contributed by atoms with E-state index in [1.54, 1.807) is 12.1 Å². The molecule has 25 heavy (non-hydrogen) atoms. The van der Waals surface area contributed by atoms with Gasteiger partial charge in [0.15, 0.2) is 0 Å². The molecule has 0 atom stereocenters. The average molecular weight is 338 g/mol. The maximum absolute atomic E-state index is 12.7. The van der Waals surface area contributed by atoms with Crippen LogP contribution in [0, 0.1) is 6.92 Å². The van der Waals surface area contributed by atoms with E-state index in [0.717, 1.165) is 24.8 Å². The van der Waals surface area contributed by atoms with Gasteiger partial charge in [-0.1, -0.05) is 31.2 Å². The number of para-hydroxylation sites is 1. The van der Waals surface area contributed by atoms with E-state index in [2.05, 4.69) is 24.4 Å². The predicted molar refractivity (Wildman–Crippen MR) is 101 cm³/mol. The summed E-state index contributed by atoms with van der Waals surface area (Å²) in [4.78, 5) is 14.5. The van der Waals surface area contributed by atoms with Crippen LogP contribution in [0.25, 0.3) is 0 Å². The Bertz CT molecular complexity index is 749. The summed E-state index contributed by atoms with van der Waals surface area (Å²) in [6, 6.07) is 14.0. The topological polar surface area (TPSA) is 52.6 Å². The van der Waals surface area contributed by atoms with Gasteiger partial charge in [0.1, 0.15) is 5.75 Å². The van der Waals surface area contributed by atoms with Crippen LogP contribution in [0.2, 0.25) is 0 Å². The van der Waals surface area contributed by atoms with Gasteiger partial charge in [0, 0.05) is 24.8 Å². The minimum absolute atomic E-state index is 0.0745. The molecule has 0 aromatic heterocycles. The zero-order valence-electron chi connectivity index (χ0n) is 15.0. The fourth-order valence-corrected chi connectivity index (χ4v) is 3.33. The number of piperidine rings is 1. The molecule has 1 saturated heterocycles. The SMILES string of the molecule is CCc1ccc(C(=O)N2CCC(Nc3ccccc3C)CC2)c(O)c1. The van der Waals surface area contributed by atoms with Crippen LogP contribution < -0.4 is 5.32 Å². The fraction of sp³-hybridized carbons (Fsp3) is 0.381. The van der Waals surface area contributed by atoms with Crippen molar-refractivity contribution in [1.29, 1.82) is 0 Å². The van der Waals surface area contributed by atoms with Crippen molar-refractivity contribution in [3.05, 3.63) is 59.2 Å². The molecule has 132 valence electrons. The first-order chi connectivity index (χ1) is 12.1. The third-order valence-corrected chi connectivity index (χ3v) is 4.99. The third-order valence-electron chi connectivity index (χ3n) is 4.99. The Morgan fingerprint density at radius 2 is 1.92 bits per heavy atom. The number of carbonyl (C=O) groups excluding carboxylic acids is 1. The second kappa shape index (κ2) is 7.60. The van der Waals surface area contributed by atoms with Crippen molar-refractivity contribution in [2.24, 2.45) is 0 Å². The fourth-order valence-electron chi connectivity index (χ4n) is 3.33. The molecule has 1 aliphatic heterocycles. The van der Waals surface area contributed by atoms with Crippen molar-refractivity contribution < 1.29 is 9.90 Å². The molecule has 4 heteroatoms. The first-order valence-electron chi connectivity index (χ1n) is 9.02. The van der Waals surface area contributed by atoms with E-state index < -0.39 is 0 Å². The molecule has 0 saturated carbocycles. The summed E-state index contributed by atoms with van der Waals surface area (Å²) in [5, 5.41) is 13.7. The van der Waals surface area contributed by atoms with Gasteiger partial charge < -0.3 is 15.3 Å². The molecule has 1 heterocycles. The van der Waals surface area contributed by atoms with Crippen LogP contribution >= 0.6 is 0 Å². The van der Waals surface area contributed by atoms with Crippen LogP contribution in [-0.4, -0.2) is 35.0 Å². The number of amides is 1.